The first-order chi connectivity index (χ1) is 18.2. The number of fused-ring (bicyclic) bond motifs is 4. The van der Waals surface area contributed by atoms with Crippen molar-refractivity contribution in [1.29, 1.82) is 0 Å². The van der Waals surface area contributed by atoms with E-state index >= 15 is 0 Å². The van der Waals surface area contributed by atoms with E-state index in [0.29, 0.717) is 12.4 Å². The van der Waals surface area contributed by atoms with Crippen molar-refractivity contribution >= 4 is 41.4 Å². The molecule has 2 aromatic carbocycles. The molecule has 0 radical (unpaired) electrons. The van der Waals surface area contributed by atoms with Crippen molar-refractivity contribution in [2.45, 2.75) is 20.0 Å². The Morgan fingerprint density at radius 3 is 2.56 bits per heavy atom. The number of nitrogens with zero attached hydrogens (tertiary/aromatic N) is 6. The van der Waals surface area contributed by atoms with Crippen molar-refractivity contribution in [2.75, 3.05) is 37.6 Å². The third-order valence-corrected chi connectivity index (χ3v) is 7.48. The summed E-state index contributed by atoms with van der Waals surface area (Å²) in [6.45, 7) is 7.61. The molecule has 1 saturated heterocycles. The minimum Gasteiger partial charge on any atom is -0.485 e. The van der Waals surface area contributed by atoms with Gasteiger partial charge in [-0.3, -0.25) is 14.5 Å². The monoisotopic (exact) mass is 564 g/mol. The average molecular weight is 566 g/mol. The van der Waals surface area contributed by atoms with Gasteiger partial charge >= 0.3 is 0 Å². The molecule has 7 rings (SSSR count). The van der Waals surface area contributed by atoms with Gasteiger partial charge in [0.25, 0.3) is 0 Å². The summed E-state index contributed by atoms with van der Waals surface area (Å²) in [5.74, 6) is 1.61. The number of pyridine rings is 1. The van der Waals surface area contributed by atoms with Crippen molar-refractivity contribution in [3.05, 3.63) is 84.4 Å². The smallest absolute Gasteiger partial charge is 0.181 e. The van der Waals surface area contributed by atoms with Crippen LogP contribution in [0.3, 0.4) is 0 Å². The molecular weight excluding hydrogens is 535 g/mol. The second kappa shape index (κ2) is 11.3. The number of imidazole rings is 1. The lowest BCUT2D eigenvalue weighted by atomic mass is 10.1. The highest BCUT2D eigenvalue weighted by molar-refractivity contribution is 5.92. The van der Waals surface area contributed by atoms with Gasteiger partial charge < -0.3 is 14.1 Å². The topological polar surface area (TPSA) is 72.5 Å². The zero-order valence-corrected chi connectivity index (χ0v) is 23.2. The van der Waals surface area contributed by atoms with Crippen LogP contribution >= 0.6 is 24.8 Å². The predicted octanol–water partition coefficient (Wildman–Crippen LogP) is 5.48. The maximum atomic E-state index is 6.29. The summed E-state index contributed by atoms with van der Waals surface area (Å²) in [6, 6.07) is 17.1. The number of benzene rings is 2. The fourth-order valence-corrected chi connectivity index (χ4v) is 5.53. The summed E-state index contributed by atoms with van der Waals surface area (Å²) in [5.41, 5.74) is 7.44. The number of rotatable bonds is 5. The maximum absolute atomic E-state index is 6.29. The molecule has 10 heteroatoms. The minimum absolute atomic E-state index is 0. The summed E-state index contributed by atoms with van der Waals surface area (Å²) in [6.07, 6.45) is 5.91. The molecule has 5 heterocycles. The predicted molar refractivity (Wildman–Crippen MR) is 157 cm³/mol. The van der Waals surface area contributed by atoms with Crippen LogP contribution in [0.25, 0.3) is 28.0 Å². The maximum Gasteiger partial charge on any atom is 0.181 e. The molecule has 0 amide bonds. The van der Waals surface area contributed by atoms with Crippen molar-refractivity contribution in [3.8, 4) is 22.9 Å². The Labute approximate surface area is 239 Å². The average Bonchev–Trinajstić information content (AvgIpc) is 3.62. The summed E-state index contributed by atoms with van der Waals surface area (Å²) >= 11 is 0. The normalized spacial score (nSPS) is 14.6. The van der Waals surface area contributed by atoms with E-state index in [1.54, 1.807) is 6.20 Å². The number of aromatic nitrogens is 4. The van der Waals surface area contributed by atoms with Crippen molar-refractivity contribution in [2.24, 2.45) is 0 Å². The van der Waals surface area contributed by atoms with Gasteiger partial charge in [-0.15, -0.1) is 24.8 Å². The molecule has 0 spiro atoms. The number of halogens is 2. The lowest BCUT2D eigenvalue weighted by Crippen LogP contribution is -2.47. The van der Waals surface area contributed by atoms with E-state index in [2.05, 4.69) is 72.9 Å². The Kier molecular flexibility index (Phi) is 7.79. The third kappa shape index (κ3) is 4.95. The van der Waals surface area contributed by atoms with Crippen LogP contribution in [0.15, 0.2) is 71.9 Å². The molecule has 2 aliphatic rings. The molecule has 5 aromatic rings. The molecule has 2 aliphatic heterocycles. The molecule has 1 fully saturated rings. The van der Waals surface area contributed by atoms with Crippen molar-refractivity contribution in [3.63, 3.8) is 0 Å². The fraction of sp³-hybridized carbons (Fsp3) is 0.276. The van der Waals surface area contributed by atoms with Gasteiger partial charge in [-0.2, -0.15) is 0 Å². The van der Waals surface area contributed by atoms with E-state index in [0.717, 1.165) is 73.2 Å². The largest absolute Gasteiger partial charge is 0.485 e. The van der Waals surface area contributed by atoms with E-state index in [9.17, 15) is 0 Å². The number of ether oxygens (including phenoxy) is 1. The number of piperazine rings is 1. The standard InChI is InChI=1S/C29H28N6O2.2ClH/c1-20-8-9-22-23(32-20)5-3-6-24(22)34-14-12-33(13-15-34)11-10-21-4-2-7-25-29(21)36-17-26-28(31-18-35(25)26)27-16-30-19-37-27;;/h2-9,16,18-19H,10-15,17H2,1H3;2*1H. The van der Waals surface area contributed by atoms with Gasteiger partial charge in [-0.1, -0.05) is 18.2 Å². The van der Waals surface area contributed by atoms with E-state index in [1.165, 1.54) is 23.0 Å². The fourth-order valence-electron chi connectivity index (χ4n) is 5.53. The first kappa shape index (κ1) is 27.0. The molecule has 0 saturated carbocycles. The number of hydrogen-bond acceptors (Lipinski definition) is 7. The van der Waals surface area contributed by atoms with Crippen LogP contribution in [0, 0.1) is 6.92 Å². The van der Waals surface area contributed by atoms with E-state index < -0.39 is 0 Å². The van der Waals surface area contributed by atoms with Crippen LogP contribution < -0.4 is 9.64 Å². The second-order valence-corrected chi connectivity index (χ2v) is 9.70. The van der Waals surface area contributed by atoms with Crippen LogP contribution in [-0.4, -0.2) is 57.1 Å². The minimum atomic E-state index is 0. The Morgan fingerprint density at radius 2 is 1.74 bits per heavy atom. The van der Waals surface area contributed by atoms with Crippen LogP contribution in [0.1, 0.15) is 17.0 Å². The van der Waals surface area contributed by atoms with Crippen LogP contribution in [0.4, 0.5) is 5.69 Å². The second-order valence-electron chi connectivity index (χ2n) is 9.70. The van der Waals surface area contributed by atoms with Crippen LogP contribution in [-0.2, 0) is 13.0 Å². The Balaban J connectivity index is 0.00000154. The van der Waals surface area contributed by atoms with Gasteiger partial charge in [0.2, 0.25) is 0 Å². The van der Waals surface area contributed by atoms with Gasteiger partial charge in [-0.25, -0.2) is 9.97 Å². The molecule has 39 heavy (non-hydrogen) atoms. The Bertz CT molecular complexity index is 1580. The Morgan fingerprint density at radius 1 is 0.923 bits per heavy atom. The number of hydrogen-bond donors (Lipinski definition) is 0. The summed E-state index contributed by atoms with van der Waals surface area (Å²) < 4.78 is 13.9. The molecule has 0 atom stereocenters. The number of anilines is 1. The van der Waals surface area contributed by atoms with Gasteiger partial charge in [0.05, 0.1) is 23.1 Å². The quantitative estimate of drug-likeness (QED) is 0.279. The number of oxazole rings is 1. The van der Waals surface area contributed by atoms with Crippen molar-refractivity contribution in [1.82, 2.24) is 24.4 Å². The van der Waals surface area contributed by atoms with Gasteiger partial charge in [0, 0.05) is 49.5 Å². The third-order valence-electron chi connectivity index (χ3n) is 7.48. The van der Waals surface area contributed by atoms with E-state index in [4.69, 9.17) is 14.1 Å². The number of para-hydroxylation sites is 1. The summed E-state index contributed by atoms with van der Waals surface area (Å²) in [7, 11) is 0. The molecular formula is C29H30Cl2N6O2. The molecule has 0 bridgehead atoms. The molecule has 8 nitrogen and oxygen atoms in total. The lowest BCUT2D eigenvalue weighted by Gasteiger charge is -2.36. The zero-order chi connectivity index (χ0) is 24.8. The molecule has 0 N–H and O–H groups in total. The lowest BCUT2D eigenvalue weighted by molar-refractivity contribution is 0.255. The highest BCUT2D eigenvalue weighted by Gasteiger charge is 2.25. The van der Waals surface area contributed by atoms with E-state index in [1.807, 2.05) is 13.3 Å². The van der Waals surface area contributed by atoms with Crippen LogP contribution in [0.5, 0.6) is 5.75 Å². The Hall–Kier alpha value is -3.59. The van der Waals surface area contributed by atoms with Gasteiger partial charge in [0.15, 0.2) is 12.2 Å². The van der Waals surface area contributed by atoms with E-state index in [-0.39, 0.29) is 24.8 Å². The van der Waals surface area contributed by atoms with Gasteiger partial charge in [-0.05, 0) is 49.2 Å². The zero-order valence-electron chi connectivity index (χ0n) is 21.6. The summed E-state index contributed by atoms with van der Waals surface area (Å²) in [5, 5.41) is 1.24. The first-order valence-electron chi connectivity index (χ1n) is 12.8. The summed E-state index contributed by atoms with van der Waals surface area (Å²) in [4.78, 5) is 18.4. The van der Waals surface area contributed by atoms with Gasteiger partial charge in [0.1, 0.15) is 24.4 Å². The first-order valence-corrected chi connectivity index (χ1v) is 12.8. The highest BCUT2D eigenvalue weighted by atomic mass is 35.5. The van der Waals surface area contributed by atoms with Crippen LogP contribution in [0.2, 0.25) is 0 Å². The molecule has 3 aromatic heterocycles. The SMILES string of the molecule is Cc1ccc2c(N3CCN(CCc4cccc5c4OCc4c(-c6cnco6)ncn4-5)CC3)cccc2n1.Cl.Cl. The molecule has 0 aliphatic carbocycles. The number of aryl methyl sites for hydroxylation is 1. The molecule has 202 valence electrons. The van der Waals surface area contributed by atoms with Crippen molar-refractivity contribution < 1.29 is 9.15 Å². The highest BCUT2D eigenvalue weighted by Crippen LogP contribution is 2.37. The molecule has 0 unspecified atom stereocenters.